The number of fused-ring (bicyclic) bond motifs is 1. The normalized spacial score (nSPS) is 11.9. The molecule has 6 heteroatoms. The molecular formula is C16H17N3O2S. The van der Waals surface area contributed by atoms with Gasteiger partial charge in [-0.1, -0.05) is 36.0 Å². The smallest absolute Gasteiger partial charge is 0.249 e. The Morgan fingerprint density at radius 1 is 1.45 bits per heavy atom. The van der Waals surface area contributed by atoms with E-state index in [0.717, 1.165) is 0 Å². The minimum Gasteiger partial charge on any atom is -0.366 e. The first kappa shape index (κ1) is 16.0. The first-order chi connectivity index (χ1) is 10.5. The lowest BCUT2D eigenvalue weighted by molar-refractivity contribution is -0.120. The maximum atomic E-state index is 11.9. The van der Waals surface area contributed by atoms with Crippen LogP contribution >= 0.6 is 11.8 Å². The average Bonchev–Trinajstić information content (AvgIpc) is 2.51. The molecule has 114 valence electrons. The Balaban J connectivity index is 2.30. The Morgan fingerprint density at radius 2 is 2.18 bits per heavy atom. The van der Waals surface area contributed by atoms with Gasteiger partial charge in [-0.05, 0) is 19.1 Å². The quantitative estimate of drug-likeness (QED) is 0.631. The Bertz CT molecular complexity index is 730. The molecule has 22 heavy (non-hydrogen) atoms. The Labute approximate surface area is 133 Å². The monoisotopic (exact) mass is 315 g/mol. The molecule has 0 saturated carbocycles. The molecule has 0 bridgehead atoms. The van der Waals surface area contributed by atoms with Crippen molar-refractivity contribution < 1.29 is 9.59 Å². The summed E-state index contributed by atoms with van der Waals surface area (Å²) >= 11 is 1.28. The summed E-state index contributed by atoms with van der Waals surface area (Å²) in [6.45, 7) is 5.76. The van der Waals surface area contributed by atoms with E-state index in [1.807, 2.05) is 18.2 Å². The first-order valence-electron chi connectivity index (χ1n) is 6.77. The predicted molar refractivity (Wildman–Crippen MR) is 88.8 cm³/mol. The molecule has 0 spiro atoms. The molecule has 0 fully saturated rings. The molecule has 0 radical (unpaired) electrons. The SMILES string of the molecule is C=CCNC(=O)[C@H](C)Sc1cc(C(N)=O)c2ccccc2n1. The summed E-state index contributed by atoms with van der Waals surface area (Å²) in [7, 11) is 0. The van der Waals surface area contributed by atoms with Crippen LogP contribution in [0.25, 0.3) is 10.9 Å². The number of nitrogens with zero attached hydrogens (tertiary/aromatic N) is 1. The van der Waals surface area contributed by atoms with Crippen molar-refractivity contribution in [3.8, 4) is 0 Å². The van der Waals surface area contributed by atoms with Crippen LogP contribution in [0.4, 0.5) is 0 Å². The second-order valence-electron chi connectivity index (χ2n) is 4.68. The molecule has 2 amide bonds. The first-order valence-corrected chi connectivity index (χ1v) is 7.65. The van der Waals surface area contributed by atoms with E-state index in [4.69, 9.17) is 5.73 Å². The Kier molecular flexibility index (Phi) is 5.16. The van der Waals surface area contributed by atoms with Gasteiger partial charge >= 0.3 is 0 Å². The van der Waals surface area contributed by atoms with E-state index in [0.29, 0.717) is 28.0 Å². The third kappa shape index (κ3) is 3.65. The maximum Gasteiger partial charge on any atom is 0.249 e. The van der Waals surface area contributed by atoms with Crippen molar-refractivity contribution in [3.05, 3.63) is 48.6 Å². The molecule has 1 aromatic carbocycles. The molecule has 3 N–H and O–H groups in total. The number of primary amides is 1. The van der Waals surface area contributed by atoms with Crippen molar-refractivity contribution in [2.45, 2.75) is 17.2 Å². The molecule has 0 aliphatic carbocycles. The van der Waals surface area contributed by atoms with Gasteiger partial charge in [-0.15, -0.1) is 6.58 Å². The number of pyridine rings is 1. The van der Waals surface area contributed by atoms with E-state index in [2.05, 4.69) is 16.9 Å². The topological polar surface area (TPSA) is 85.1 Å². The lowest BCUT2D eigenvalue weighted by Gasteiger charge is -2.12. The van der Waals surface area contributed by atoms with Crippen molar-refractivity contribution >= 4 is 34.5 Å². The highest BCUT2D eigenvalue weighted by atomic mass is 32.2. The number of aromatic nitrogens is 1. The summed E-state index contributed by atoms with van der Waals surface area (Å²) in [5.41, 5.74) is 6.53. The van der Waals surface area contributed by atoms with Gasteiger partial charge in [-0.25, -0.2) is 4.98 Å². The molecule has 2 rings (SSSR count). The molecular weight excluding hydrogens is 298 g/mol. The van der Waals surface area contributed by atoms with Crippen LogP contribution in [0.2, 0.25) is 0 Å². The summed E-state index contributed by atoms with van der Waals surface area (Å²) in [5, 5.41) is 3.69. The van der Waals surface area contributed by atoms with Crippen LogP contribution in [-0.4, -0.2) is 28.6 Å². The number of rotatable bonds is 6. The summed E-state index contributed by atoms with van der Waals surface area (Å²) in [6.07, 6.45) is 1.62. The second-order valence-corrected chi connectivity index (χ2v) is 6.04. The van der Waals surface area contributed by atoms with Crippen LogP contribution in [0.3, 0.4) is 0 Å². The Hall–Kier alpha value is -2.34. The summed E-state index contributed by atoms with van der Waals surface area (Å²) < 4.78 is 0. The number of nitrogens with one attached hydrogen (secondary N) is 1. The van der Waals surface area contributed by atoms with Crippen LogP contribution in [0.5, 0.6) is 0 Å². The highest BCUT2D eigenvalue weighted by molar-refractivity contribution is 8.00. The largest absolute Gasteiger partial charge is 0.366 e. The van der Waals surface area contributed by atoms with Crippen LogP contribution in [-0.2, 0) is 4.79 Å². The zero-order chi connectivity index (χ0) is 16.1. The van der Waals surface area contributed by atoms with E-state index < -0.39 is 5.91 Å². The zero-order valence-corrected chi connectivity index (χ0v) is 13.0. The van der Waals surface area contributed by atoms with Crippen molar-refractivity contribution in [1.82, 2.24) is 10.3 Å². The lowest BCUT2D eigenvalue weighted by Crippen LogP contribution is -2.30. The van der Waals surface area contributed by atoms with Gasteiger partial charge in [-0.2, -0.15) is 0 Å². The maximum absolute atomic E-state index is 11.9. The van der Waals surface area contributed by atoms with Gasteiger partial charge in [-0.3, -0.25) is 9.59 Å². The number of amides is 2. The van der Waals surface area contributed by atoms with Crippen molar-refractivity contribution in [2.24, 2.45) is 5.73 Å². The van der Waals surface area contributed by atoms with Gasteiger partial charge in [0.1, 0.15) is 0 Å². The van der Waals surface area contributed by atoms with Gasteiger partial charge < -0.3 is 11.1 Å². The molecule has 1 aromatic heterocycles. The van der Waals surface area contributed by atoms with Crippen LogP contribution in [0.1, 0.15) is 17.3 Å². The van der Waals surface area contributed by atoms with Crippen LogP contribution in [0, 0.1) is 0 Å². The number of hydrogen-bond donors (Lipinski definition) is 2. The average molecular weight is 315 g/mol. The van der Waals surface area contributed by atoms with Crippen LogP contribution < -0.4 is 11.1 Å². The van der Waals surface area contributed by atoms with E-state index in [9.17, 15) is 9.59 Å². The summed E-state index contributed by atoms with van der Waals surface area (Å²) in [5.74, 6) is -0.621. The number of para-hydroxylation sites is 1. The lowest BCUT2D eigenvalue weighted by atomic mass is 10.1. The van der Waals surface area contributed by atoms with Crippen molar-refractivity contribution in [1.29, 1.82) is 0 Å². The molecule has 1 atom stereocenters. The van der Waals surface area contributed by atoms with E-state index in [1.165, 1.54) is 11.8 Å². The van der Waals surface area contributed by atoms with Gasteiger partial charge in [0.15, 0.2) is 0 Å². The molecule has 0 unspecified atom stereocenters. The standard InChI is InChI=1S/C16H17N3O2S/c1-3-8-18-16(21)10(2)22-14-9-12(15(17)20)11-6-4-5-7-13(11)19-14/h3-7,9-10H,1,8H2,2H3,(H2,17,20)(H,18,21)/t10-/m0/s1. The molecule has 2 aromatic rings. The van der Waals surface area contributed by atoms with Crippen molar-refractivity contribution in [2.75, 3.05) is 6.54 Å². The molecule has 0 aliphatic rings. The third-order valence-electron chi connectivity index (χ3n) is 3.05. The number of nitrogens with two attached hydrogens (primary N) is 1. The highest BCUT2D eigenvalue weighted by Gasteiger charge is 2.17. The van der Waals surface area contributed by atoms with Gasteiger partial charge in [0.05, 0.1) is 21.4 Å². The molecule has 1 heterocycles. The van der Waals surface area contributed by atoms with E-state index in [1.54, 1.807) is 25.1 Å². The molecule has 0 saturated heterocycles. The second kappa shape index (κ2) is 7.09. The fourth-order valence-electron chi connectivity index (χ4n) is 1.97. The number of benzene rings is 1. The summed E-state index contributed by atoms with van der Waals surface area (Å²) in [4.78, 5) is 28.0. The van der Waals surface area contributed by atoms with Crippen molar-refractivity contribution in [3.63, 3.8) is 0 Å². The molecule has 0 aliphatic heterocycles. The van der Waals surface area contributed by atoms with Gasteiger partial charge in [0.25, 0.3) is 0 Å². The van der Waals surface area contributed by atoms with Gasteiger partial charge in [0.2, 0.25) is 11.8 Å². The number of hydrogen-bond acceptors (Lipinski definition) is 4. The number of carbonyl (C=O) groups excluding carboxylic acids is 2. The van der Waals surface area contributed by atoms with Crippen LogP contribution in [0.15, 0.2) is 48.0 Å². The van der Waals surface area contributed by atoms with E-state index >= 15 is 0 Å². The van der Waals surface area contributed by atoms with Gasteiger partial charge in [0, 0.05) is 11.9 Å². The fourth-order valence-corrected chi connectivity index (χ4v) is 2.86. The number of thioether (sulfide) groups is 1. The minimum atomic E-state index is -0.510. The fraction of sp³-hybridized carbons (Fsp3) is 0.188. The molecule has 5 nitrogen and oxygen atoms in total. The highest BCUT2D eigenvalue weighted by Crippen LogP contribution is 2.26. The van der Waals surface area contributed by atoms with E-state index in [-0.39, 0.29) is 11.2 Å². The minimum absolute atomic E-state index is 0.111. The third-order valence-corrected chi connectivity index (χ3v) is 4.06. The summed E-state index contributed by atoms with van der Waals surface area (Å²) in [6, 6.07) is 8.92. The zero-order valence-electron chi connectivity index (χ0n) is 12.2. The Morgan fingerprint density at radius 3 is 2.86 bits per heavy atom. The number of carbonyl (C=O) groups is 2. The predicted octanol–water partition coefficient (Wildman–Crippen LogP) is 2.12.